The summed E-state index contributed by atoms with van der Waals surface area (Å²) in [5.74, 6) is 1.60. The Labute approximate surface area is 119 Å². The molecule has 1 aliphatic heterocycles. The number of aromatic nitrogens is 3. The number of likely N-dealkylation sites (tertiary alicyclic amines) is 1. The van der Waals surface area contributed by atoms with Crippen molar-refractivity contribution in [1.29, 1.82) is 0 Å². The van der Waals surface area contributed by atoms with E-state index in [-0.39, 0.29) is 0 Å². The molecular formula is C15H22N4O. The van der Waals surface area contributed by atoms with E-state index in [9.17, 15) is 0 Å². The molecule has 3 rings (SSSR count). The van der Waals surface area contributed by atoms with Crippen molar-refractivity contribution in [1.82, 2.24) is 19.8 Å². The number of piperidine rings is 1. The zero-order chi connectivity index (χ0) is 14.1. The van der Waals surface area contributed by atoms with Crippen molar-refractivity contribution in [3.05, 3.63) is 35.0 Å². The third-order valence-electron chi connectivity index (χ3n) is 4.43. The van der Waals surface area contributed by atoms with Crippen molar-refractivity contribution >= 4 is 0 Å². The van der Waals surface area contributed by atoms with Gasteiger partial charge in [0.1, 0.15) is 5.76 Å². The molecule has 0 aliphatic carbocycles. The minimum atomic E-state index is 0.642. The van der Waals surface area contributed by atoms with Crippen LogP contribution in [0.5, 0.6) is 0 Å². The maximum Gasteiger partial charge on any atom is 0.138 e. The summed E-state index contributed by atoms with van der Waals surface area (Å²) >= 11 is 0. The first-order valence-corrected chi connectivity index (χ1v) is 7.27. The molecule has 0 spiro atoms. The molecule has 0 aromatic carbocycles. The summed E-state index contributed by atoms with van der Waals surface area (Å²) < 4.78 is 7.25. The summed E-state index contributed by atoms with van der Waals surface area (Å²) in [5.41, 5.74) is 3.64. The van der Waals surface area contributed by atoms with Crippen LogP contribution in [-0.2, 0) is 13.6 Å². The molecule has 0 amide bonds. The Bertz CT molecular complexity index is 559. The van der Waals surface area contributed by atoms with Gasteiger partial charge in [-0.1, -0.05) is 5.16 Å². The molecule has 1 saturated heterocycles. The summed E-state index contributed by atoms with van der Waals surface area (Å²) in [4.78, 5) is 2.50. The molecule has 0 unspecified atom stereocenters. The quantitative estimate of drug-likeness (QED) is 0.862. The minimum absolute atomic E-state index is 0.642. The van der Waals surface area contributed by atoms with Crippen LogP contribution in [0.3, 0.4) is 0 Å². The monoisotopic (exact) mass is 274 g/mol. The molecule has 2 aromatic rings. The summed E-state index contributed by atoms with van der Waals surface area (Å²) in [7, 11) is 2.03. The maximum absolute atomic E-state index is 5.24. The van der Waals surface area contributed by atoms with Gasteiger partial charge < -0.3 is 4.52 Å². The van der Waals surface area contributed by atoms with Gasteiger partial charge in [-0.25, -0.2) is 0 Å². The Morgan fingerprint density at radius 1 is 1.30 bits per heavy atom. The first kappa shape index (κ1) is 13.4. The summed E-state index contributed by atoms with van der Waals surface area (Å²) in [6.45, 7) is 7.23. The van der Waals surface area contributed by atoms with Crippen LogP contribution < -0.4 is 0 Å². The Morgan fingerprint density at radius 2 is 2.05 bits per heavy atom. The van der Waals surface area contributed by atoms with Gasteiger partial charge >= 0.3 is 0 Å². The van der Waals surface area contributed by atoms with Gasteiger partial charge in [0.25, 0.3) is 0 Å². The van der Waals surface area contributed by atoms with Gasteiger partial charge in [0.15, 0.2) is 0 Å². The van der Waals surface area contributed by atoms with E-state index in [2.05, 4.69) is 21.2 Å². The van der Waals surface area contributed by atoms with Gasteiger partial charge in [0.05, 0.1) is 5.69 Å². The molecule has 0 N–H and O–H groups in total. The van der Waals surface area contributed by atoms with Crippen LogP contribution >= 0.6 is 0 Å². The molecule has 20 heavy (non-hydrogen) atoms. The maximum atomic E-state index is 5.24. The SMILES string of the molecule is Cc1noc(C)c1CN1CCC(c2ccnn2C)CC1. The van der Waals surface area contributed by atoms with Gasteiger partial charge in [-0.05, 0) is 45.8 Å². The van der Waals surface area contributed by atoms with Gasteiger partial charge in [-0.2, -0.15) is 5.10 Å². The van der Waals surface area contributed by atoms with Crippen LogP contribution in [-0.4, -0.2) is 32.9 Å². The highest BCUT2D eigenvalue weighted by molar-refractivity contribution is 5.20. The third-order valence-corrected chi connectivity index (χ3v) is 4.43. The number of aryl methyl sites for hydroxylation is 3. The highest BCUT2D eigenvalue weighted by Crippen LogP contribution is 2.28. The van der Waals surface area contributed by atoms with Crippen LogP contribution in [0.2, 0.25) is 0 Å². The predicted molar refractivity (Wildman–Crippen MR) is 76.4 cm³/mol. The van der Waals surface area contributed by atoms with Crippen molar-refractivity contribution in [3.63, 3.8) is 0 Å². The minimum Gasteiger partial charge on any atom is -0.361 e. The highest BCUT2D eigenvalue weighted by Gasteiger charge is 2.23. The molecule has 5 heteroatoms. The Hall–Kier alpha value is -1.62. The predicted octanol–water partition coefficient (Wildman–Crippen LogP) is 2.40. The zero-order valence-corrected chi connectivity index (χ0v) is 12.5. The van der Waals surface area contributed by atoms with E-state index in [0.717, 1.165) is 31.1 Å². The lowest BCUT2D eigenvalue weighted by molar-refractivity contribution is 0.200. The normalized spacial score (nSPS) is 17.8. The molecule has 0 bridgehead atoms. The summed E-state index contributed by atoms with van der Waals surface area (Å²) in [6.07, 6.45) is 4.29. The van der Waals surface area contributed by atoms with E-state index in [1.807, 2.05) is 31.8 Å². The number of hydrogen-bond donors (Lipinski definition) is 0. The lowest BCUT2D eigenvalue weighted by Crippen LogP contribution is -2.33. The first-order chi connectivity index (χ1) is 9.65. The van der Waals surface area contributed by atoms with Crippen LogP contribution in [0.1, 0.15) is 41.5 Å². The Kier molecular flexibility index (Phi) is 3.61. The molecule has 1 aliphatic rings. The van der Waals surface area contributed by atoms with E-state index in [0.29, 0.717) is 5.92 Å². The fourth-order valence-corrected chi connectivity index (χ4v) is 3.12. The first-order valence-electron chi connectivity index (χ1n) is 7.27. The molecule has 0 saturated carbocycles. The van der Waals surface area contributed by atoms with Gasteiger partial charge in [0.2, 0.25) is 0 Å². The Morgan fingerprint density at radius 3 is 2.60 bits per heavy atom. The molecular weight excluding hydrogens is 252 g/mol. The molecule has 1 fully saturated rings. The summed E-state index contributed by atoms with van der Waals surface area (Å²) in [6, 6.07) is 2.15. The van der Waals surface area contributed by atoms with Crippen molar-refractivity contribution in [2.24, 2.45) is 7.05 Å². The largest absolute Gasteiger partial charge is 0.361 e. The van der Waals surface area contributed by atoms with E-state index in [4.69, 9.17) is 4.52 Å². The van der Waals surface area contributed by atoms with Gasteiger partial charge in [-0.3, -0.25) is 9.58 Å². The van der Waals surface area contributed by atoms with Crippen molar-refractivity contribution < 1.29 is 4.52 Å². The average molecular weight is 274 g/mol. The number of rotatable bonds is 3. The van der Waals surface area contributed by atoms with Crippen LogP contribution in [0.15, 0.2) is 16.8 Å². The van der Waals surface area contributed by atoms with E-state index >= 15 is 0 Å². The highest BCUT2D eigenvalue weighted by atomic mass is 16.5. The smallest absolute Gasteiger partial charge is 0.138 e. The van der Waals surface area contributed by atoms with E-state index in [1.54, 1.807) is 0 Å². The standard InChI is InChI=1S/C15H22N4O/c1-11-14(12(2)20-17-11)10-19-8-5-13(6-9-19)15-4-7-16-18(15)3/h4,7,13H,5-6,8-10H2,1-3H3. The van der Waals surface area contributed by atoms with E-state index < -0.39 is 0 Å². The van der Waals surface area contributed by atoms with Crippen molar-refractivity contribution in [3.8, 4) is 0 Å². The average Bonchev–Trinajstić information content (AvgIpc) is 3.00. The van der Waals surface area contributed by atoms with Crippen LogP contribution in [0.4, 0.5) is 0 Å². The molecule has 108 valence electrons. The van der Waals surface area contributed by atoms with Crippen LogP contribution in [0, 0.1) is 13.8 Å². The summed E-state index contributed by atoms with van der Waals surface area (Å²) in [5, 5.41) is 8.31. The third kappa shape index (κ3) is 2.50. The number of hydrogen-bond acceptors (Lipinski definition) is 4. The fraction of sp³-hybridized carbons (Fsp3) is 0.600. The molecule has 5 nitrogen and oxygen atoms in total. The lowest BCUT2D eigenvalue weighted by Gasteiger charge is -2.31. The second-order valence-corrected chi connectivity index (χ2v) is 5.73. The zero-order valence-electron chi connectivity index (χ0n) is 12.5. The van der Waals surface area contributed by atoms with Gasteiger partial charge in [0, 0.05) is 37.0 Å². The van der Waals surface area contributed by atoms with Crippen molar-refractivity contribution in [2.45, 2.75) is 39.2 Å². The lowest BCUT2D eigenvalue weighted by atomic mass is 9.93. The number of nitrogens with zero attached hydrogens (tertiary/aromatic N) is 4. The molecule has 0 radical (unpaired) electrons. The second-order valence-electron chi connectivity index (χ2n) is 5.73. The topological polar surface area (TPSA) is 47.1 Å². The van der Waals surface area contributed by atoms with Crippen LogP contribution in [0.25, 0.3) is 0 Å². The molecule has 3 heterocycles. The second kappa shape index (κ2) is 5.40. The van der Waals surface area contributed by atoms with E-state index in [1.165, 1.54) is 24.1 Å². The van der Waals surface area contributed by atoms with Gasteiger partial charge in [-0.15, -0.1) is 0 Å². The van der Waals surface area contributed by atoms with Crippen molar-refractivity contribution in [2.75, 3.05) is 13.1 Å². The molecule has 0 atom stereocenters. The molecule has 2 aromatic heterocycles. The Balaban J connectivity index is 1.61. The fourth-order valence-electron chi connectivity index (χ4n) is 3.12.